The Kier molecular flexibility index (Phi) is 7.24. The van der Waals surface area contributed by atoms with E-state index in [2.05, 4.69) is 13.5 Å². The normalized spacial score (nSPS) is 25.6. The van der Waals surface area contributed by atoms with Crippen LogP contribution in [-0.2, 0) is 4.74 Å². The lowest BCUT2D eigenvalue weighted by Gasteiger charge is -2.24. The van der Waals surface area contributed by atoms with Crippen LogP contribution in [0.2, 0.25) is 0 Å². The molecule has 106 valence electrons. The molecule has 0 atom stereocenters. The number of rotatable bonds is 5. The van der Waals surface area contributed by atoms with Gasteiger partial charge in [-0.2, -0.15) is 0 Å². The molecule has 1 fully saturated rings. The van der Waals surface area contributed by atoms with Crippen LogP contribution in [0.1, 0.15) is 46.5 Å². The van der Waals surface area contributed by atoms with Crippen molar-refractivity contribution < 1.29 is 4.74 Å². The minimum atomic E-state index is 0.413. The predicted molar refractivity (Wildman–Crippen MR) is 83.6 cm³/mol. The minimum Gasteiger partial charge on any atom is -0.478 e. The van der Waals surface area contributed by atoms with E-state index in [-0.39, 0.29) is 0 Å². The lowest BCUT2D eigenvalue weighted by Crippen LogP contribution is -2.19. The molecule has 0 aliphatic heterocycles. The second-order valence-electron chi connectivity index (χ2n) is 5.14. The van der Waals surface area contributed by atoms with Gasteiger partial charge in [0.2, 0.25) is 5.90 Å². The topological polar surface area (TPSA) is 21.6 Å². The van der Waals surface area contributed by atoms with Crippen molar-refractivity contribution in [2.45, 2.75) is 52.5 Å². The van der Waals surface area contributed by atoms with E-state index < -0.39 is 0 Å². The monoisotopic (exact) mass is 261 g/mol. The summed E-state index contributed by atoms with van der Waals surface area (Å²) < 4.78 is 5.72. The van der Waals surface area contributed by atoms with Crippen molar-refractivity contribution in [3.05, 3.63) is 36.5 Å². The van der Waals surface area contributed by atoms with Gasteiger partial charge in [0.1, 0.15) is 0 Å². The molecule has 0 aromatic rings. The largest absolute Gasteiger partial charge is 0.478 e. The summed E-state index contributed by atoms with van der Waals surface area (Å²) in [4.78, 5) is 4.82. The summed E-state index contributed by atoms with van der Waals surface area (Å²) in [6.07, 6.45) is 12.7. The number of hydrogen-bond donors (Lipinski definition) is 0. The highest BCUT2D eigenvalue weighted by molar-refractivity contribution is 5.96. The quantitative estimate of drug-likeness (QED) is 0.400. The SMILES string of the molecule is C=C/C=C(\C=C/C)C(=NC1CCC(C)CC1)OCC. The molecule has 0 N–H and O–H groups in total. The second-order valence-corrected chi connectivity index (χ2v) is 5.14. The molecule has 0 aromatic carbocycles. The molecule has 2 heteroatoms. The van der Waals surface area contributed by atoms with Crippen molar-refractivity contribution in [3.8, 4) is 0 Å². The molecule has 1 aliphatic carbocycles. The van der Waals surface area contributed by atoms with Crippen LogP contribution in [0.25, 0.3) is 0 Å². The summed E-state index contributed by atoms with van der Waals surface area (Å²) in [7, 11) is 0. The molecule has 0 amide bonds. The van der Waals surface area contributed by atoms with Crippen molar-refractivity contribution in [2.75, 3.05) is 6.61 Å². The first-order valence-electron chi connectivity index (χ1n) is 7.37. The highest BCUT2D eigenvalue weighted by Crippen LogP contribution is 2.26. The summed E-state index contributed by atoms with van der Waals surface area (Å²) in [5, 5.41) is 0. The van der Waals surface area contributed by atoms with Gasteiger partial charge in [0.15, 0.2) is 0 Å². The standard InChI is InChI=1S/C17H27NO/c1-5-8-15(9-6-2)17(19-7-3)18-16-12-10-14(4)11-13-16/h5-6,8-9,14,16H,1,7,10-13H2,2-4H3/b9-6-,15-8+,18-17?. The molecule has 0 saturated heterocycles. The van der Waals surface area contributed by atoms with Crippen LogP contribution in [0.15, 0.2) is 41.4 Å². The summed E-state index contributed by atoms with van der Waals surface area (Å²) in [5.74, 6) is 1.61. The van der Waals surface area contributed by atoms with E-state index in [1.54, 1.807) is 6.08 Å². The lowest BCUT2D eigenvalue weighted by atomic mass is 9.88. The fraction of sp³-hybridized carbons (Fsp3) is 0.588. The van der Waals surface area contributed by atoms with Crippen LogP contribution in [0, 0.1) is 5.92 Å². The Bertz CT molecular complexity index is 357. The molecule has 0 unspecified atom stereocenters. The number of hydrogen-bond acceptors (Lipinski definition) is 2. The van der Waals surface area contributed by atoms with Gasteiger partial charge in [-0.25, -0.2) is 4.99 Å². The van der Waals surface area contributed by atoms with E-state index in [9.17, 15) is 0 Å². The van der Waals surface area contributed by atoms with Crippen LogP contribution in [0.3, 0.4) is 0 Å². The van der Waals surface area contributed by atoms with Crippen LogP contribution < -0.4 is 0 Å². The molecule has 1 aliphatic rings. The van der Waals surface area contributed by atoms with Gasteiger partial charge in [0.25, 0.3) is 0 Å². The molecule has 1 saturated carbocycles. The van der Waals surface area contributed by atoms with Crippen molar-refractivity contribution in [3.63, 3.8) is 0 Å². The Morgan fingerprint density at radius 1 is 1.32 bits per heavy atom. The predicted octanol–water partition coefficient (Wildman–Crippen LogP) is 4.69. The number of ether oxygens (including phenoxy) is 1. The molecule has 0 aromatic heterocycles. The molecule has 0 bridgehead atoms. The van der Waals surface area contributed by atoms with Crippen LogP contribution >= 0.6 is 0 Å². The third kappa shape index (κ3) is 5.46. The average molecular weight is 261 g/mol. The summed E-state index contributed by atoms with van der Waals surface area (Å²) in [5.41, 5.74) is 1.01. The van der Waals surface area contributed by atoms with E-state index >= 15 is 0 Å². The van der Waals surface area contributed by atoms with Gasteiger partial charge in [0, 0.05) is 5.57 Å². The Labute approximate surface area is 118 Å². The highest BCUT2D eigenvalue weighted by Gasteiger charge is 2.19. The Balaban J connectivity index is 2.85. The van der Waals surface area contributed by atoms with Crippen molar-refractivity contribution in [2.24, 2.45) is 10.9 Å². The minimum absolute atomic E-state index is 0.413. The zero-order valence-electron chi connectivity index (χ0n) is 12.6. The highest BCUT2D eigenvalue weighted by atomic mass is 16.5. The van der Waals surface area contributed by atoms with Crippen LogP contribution in [0.5, 0.6) is 0 Å². The first-order valence-corrected chi connectivity index (χ1v) is 7.37. The van der Waals surface area contributed by atoms with E-state index in [4.69, 9.17) is 9.73 Å². The fourth-order valence-corrected chi connectivity index (χ4v) is 2.37. The smallest absolute Gasteiger partial charge is 0.216 e. The van der Waals surface area contributed by atoms with Gasteiger partial charge in [0.05, 0.1) is 12.6 Å². The van der Waals surface area contributed by atoms with Gasteiger partial charge in [-0.15, -0.1) is 0 Å². The van der Waals surface area contributed by atoms with Crippen LogP contribution in [0.4, 0.5) is 0 Å². The maximum Gasteiger partial charge on any atom is 0.216 e. The summed E-state index contributed by atoms with van der Waals surface area (Å²) in [6.45, 7) is 10.7. The van der Waals surface area contributed by atoms with E-state index in [0.717, 1.165) is 17.4 Å². The van der Waals surface area contributed by atoms with E-state index in [0.29, 0.717) is 12.6 Å². The number of nitrogens with zero attached hydrogens (tertiary/aromatic N) is 1. The zero-order valence-corrected chi connectivity index (χ0v) is 12.6. The first kappa shape index (κ1) is 15.7. The number of aliphatic imine (C=N–C) groups is 1. The second kappa shape index (κ2) is 8.73. The Hall–Kier alpha value is -1.31. The third-order valence-corrected chi connectivity index (χ3v) is 3.46. The molecule has 19 heavy (non-hydrogen) atoms. The van der Waals surface area contributed by atoms with E-state index in [1.807, 2.05) is 32.1 Å². The summed E-state index contributed by atoms with van der Waals surface area (Å²) in [6, 6.07) is 0.413. The fourth-order valence-electron chi connectivity index (χ4n) is 2.37. The lowest BCUT2D eigenvalue weighted by molar-refractivity contribution is 0.310. The number of allylic oxidation sites excluding steroid dienone is 3. The van der Waals surface area contributed by atoms with Crippen molar-refractivity contribution in [1.29, 1.82) is 0 Å². The van der Waals surface area contributed by atoms with Gasteiger partial charge in [-0.3, -0.25) is 0 Å². The van der Waals surface area contributed by atoms with Gasteiger partial charge in [-0.1, -0.05) is 37.8 Å². The molecule has 0 radical (unpaired) electrons. The molecule has 1 rings (SSSR count). The van der Waals surface area contributed by atoms with Crippen molar-refractivity contribution in [1.82, 2.24) is 0 Å². The van der Waals surface area contributed by atoms with Gasteiger partial charge in [-0.05, 0) is 45.4 Å². The maximum atomic E-state index is 5.72. The Morgan fingerprint density at radius 3 is 2.53 bits per heavy atom. The maximum absolute atomic E-state index is 5.72. The molecule has 2 nitrogen and oxygen atoms in total. The Morgan fingerprint density at radius 2 is 2.00 bits per heavy atom. The van der Waals surface area contributed by atoms with Crippen molar-refractivity contribution >= 4 is 5.90 Å². The molecular weight excluding hydrogens is 234 g/mol. The van der Waals surface area contributed by atoms with E-state index in [1.165, 1.54) is 25.7 Å². The average Bonchev–Trinajstić information content (AvgIpc) is 2.40. The first-order chi connectivity index (χ1) is 9.21. The van der Waals surface area contributed by atoms with Gasteiger partial charge < -0.3 is 4.74 Å². The molecular formula is C17H27NO. The van der Waals surface area contributed by atoms with Gasteiger partial charge >= 0.3 is 0 Å². The zero-order chi connectivity index (χ0) is 14.1. The van der Waals surface area contributed by atoms with Crippen LogP contribution in [-0.4, -0.2) is 18.5 Å². The summed E-state index contributed by atoms with van der Waals surface area (Å²) >= 11 is 0. The third-order valence-electron chi connectivity index (χ3n) is 3.46. The molecule has 0 spiro atoms. The molecule has 0 heterocycles.